The summed E-state index contributed by atoms with van der Waals surface area (Å²) in [5.41, 5.74) is 5.87. The lowest BCUT2D eigenvalue weighted by Gasteiger charge is -2.17. The summed E-state index contributed by atoms with van der Waals surface area (Å²) in [7, 11) is -0.808. The number of sulfonamides is 1. The molecular weight excluding hydrogens is 288 g/mol. The van der Waals surface area contributed by atoms with Gasteiger partial charge in [0.15, 0.2) is 0 Å². The normalized spacial score (nSPS) is 11.3. The molecule has 0 amide bonds. The largest absolute Gasteiger partial charge is 0.497 e. The van der Waals surface area contributed by atoms with E-state index in [0.29, 0.717) is 11.4 Å². The van der Waals surface area contributed by atoms with E-state index < -0.39 is 10.0 Å². The van der Waals surface area contributed by atoms with Gasteiger partial charge < -0.3 is 10.5 Å². The summed E-state index contributed by atoms with van der Waals surface area (Å²) in [6.45, 7) is 0. The molecule has 1 aromatic heterocycles. The zero-order valence-electron chi connectivity index (χ0n) is 10.3. The summed E-state index contributed by atoms with van der Waals surface area (Å²) in [4.78, 5) is 0. The molecular formula is C10H12N4O3S2. The van der Waals surface area contributed by atoms with Crippen molar-refractivity contribution < 1.29 is 13.2 Å². The highest BCUT2D eigenvalue weighted by molar-refractivity contribution is 7.94. The van der Waals surface area contributed by atoms with Crippen LogP contribution in [0, 0.1) is 0 Å². The second kappa shape index (κ2) is 5.02. The Hall–Kier alpha value is -1.87. The molecule has 2 N–H and O–H groups in total. The van der Waals surface area contributed by atoms with E-state index >= 15 is 0 Å². The SMILES string of the molecule is COc1cccc(N(C)S(=O)(=O)c2nnc(N)s2)c1. The molecule has 0 aliphatic heterocycles. The summed E-state index contributed by atoms with van der Waals surface area (Å²) in [5.74, 6) is 0.566. The van der Waals surface area contributed by atoms with E-state index in [4.69, 9.17) is 10.5 Å². The first kappa shape index (κ1) is 13.6. The molecule has 0 fully saturated rings. The molecule has 0 unspecified atom stereocenters. The number of benzene rings is 1. The minimum atomic E-state index is -3.75. The van der Waals surface area contributed by atoms with Crippen LogP contribution >= 0.6 is 11.3 Å². The van der Waals surface area contributed by atoms with Crippen LogP contribution in [-0.2, 0) is 10.0 Å². The summed E-state index contributed by atoms with van der Waals surface area (Å²) >= 11 is 0.822. The highest BCUT2D eigenvalue weighted by atomic mass is 32.2. The zero-order chi connectivity index (χ0) is 14.0. The van der Waals surface area contributed by atoms with Crippen LogP contribution in [0.1, 0.15) is 0 Å². The first-order valence-corrected chi connectivity index (χ1v) is 7.43. The van der Waals surface area contributed by atoms with Crippen LogP contribution in [0.4, 0.5) is 10.8 Å². The maximum Gasteiger partial charge on any atom is 0.293 e. The van der Waals surface area contributed by atoms with Crippen molar-refractivity contribution in [1.82, 2.24) is 10.2 Å². The van der Waals surface area contributed by atoms with E-state index in [-0.39, 0.29) is 9.47 Å². The van der Waals surface area contributed by atoms with E-state index in [1.807, 2.05) is 0 Å². The summed E-state index contributed by atoms with van der Waals surface area (Å²) < 4.78 is 30.6. The Kier molecular flexibility index (Phi) is 3.58. The molecule has 0 atom stereocenters. The van der Waals surface area contributed by atoms with Crippen LogP contribution in [0.3, 0.4) is 0 Å². The molecule has 0 bridgehead atoms. The van der Waals surface area contributed by atoms with Gasteiger partial charge in [0, 0.05) is 13.1 Å². The van der Waals surface area contributed by atoms with E-state index in [0.717, 1.165) is 15.6 Å². The average molecular weight is 300 g/mol. The fourth-order valence-corrected chi connectivity index (χ4v) is 3.51. The third-order valence-electron chi connectivity index (χ3n) is 2.42. The summed E-state index contributed by atoms with van der Waals surface area (Å²) in [5, 5.41) is 7.18. The number of nitrogen functional groups attached to an aromatic ring is 1. The van der Waals surface area contributed by atoms with Gasteiger partial charge in [0.1, 0.15) is 5.75 Å². The van der Waals surface area contributed by atoms with Crippen LogP contribution in [0.25, 0.3) is 0 Å². The fourth-order valence-electron chi connectivity index (χ4n) is 1.39. The zero-order valence-corrected chi connectivity index (χ0v) is 11.9. The molecule has 0 saturated heterocycles. The Morgan fingerprint density at radius 2 is 2.11 bits per heavy atom. The van der Waals surface area contributed by atoms with Crippen LogP contribution in [0.5, 0.6) is 5.75 Å². The van der Waals surface area contributed by atoms with Crippen molar-refractivity contribution in [3.8, 4) is 5.75 Å². The van der Waals surface area contributed by atoms with E-state index in [1.165, 1.54) is 14.2 Å². The fraction of sp³-hybridized carbons (Fsp3) is 0.200. The number of hydrogen-bond donors (Lipinski definition) is 1. The summed E-state index contributed by atoms with van der Waals surface area (Å²) in [6, 6.07) is 6.70. The minimum absolute atomic E-state index is 0.109. The lowest BCUT2D eigenvalue weighted by Crippen LogP contribution is -2.26. The predicted molar refractivity (Wildman–Crippen MR) is 72.9 cm³/mol. The molecule has 9 heteroatoms. The first-order valence-electron chi connectivity index (χ1n) is 5.17. The highest BCUT2D eigenvalue weighted by Gasteiger charge is 2.25. The molecule has 2 rings (SSSR count). The van der Waals surface area contributed by atoms with Gasteiger partial charge in [0.25, 0.3) is 14.4 Å². The Morgan fingerprint density at radius 3 is 2.68 bits per heavy atom. The van der Waals surface area contributed by atoms with E-state index in [9.17, 15) is 8.42 Å². The van der Waals surface area contributed by atoms with Crippen LogP contribution in [0.2, 0.25) is 0 Å². The van der Waals surface area contributed by atoms with Gasteiger partial charge in [-0.3, -0.25) is 4.31 Å². The Bertz CT molecular complexity index is 684. The Morgan fingerprint density at radius 1 is 1.37 bits per heavy atom. The topological polar surface area (TPSA) is 98.4 Å². The van der Waals surface area contributed by atoms with Crippen molar-refractivity contribution in [2.45, 2.75) is 4.34 Å². The number of aromatic nitrogens is 2. The van der Waals surface area contributed by atoms with Crippen molar-refractivity contribution in [2.75, 3.05) is 24.2 Å². The van der Waals surface area contributed by atoms with Crippen molar-refractivity contribution in [2.24, 2.45) is 0 Å². The van der Waals surface area contributed by atoms with Gasteiger partial charge in [-0.25, -0.2) is 0 Å². The van der Waals surface area contributed by atoms with Gasteiger partial charge in [0.05, 0.1) is 12.8 Å². The molecule has 0 aliphatic rings. The molecule has 0 aliphatic carbocycles. The Balaban J connectivity index is 2.40. The number of anilines is 2. The van der Waals surface area contributed by atoms with Gasteiger partial charge in [0.2, 0.25) is 5.13 Å². The van der Waals surface area contributed by atoms with Gasteiger partial charge >= 0.3 is 0 Å². The number of methoxy groups -OCH3 is 1. The molecule has 1 aromatic carbocycles. The average Bonchev–Trinajstić information content (AvgIpc) is 2.85. The monoisotopic (exact) mass is 300 g/mol. The van der Waals surface area contributed by atoms with Gasteiger partial charge in [-0.15, -0.1) is 10.2 Å². The molecule has 2 aromatic rings. The standard InChI is InChI=1S/C10H12N4O3S2/c1-14(7-4-3-5-8(6-7)17-2)19(15,16)10-13-12-9(11)18-10/h3-6H,1-2H3,(H2,11,12). The summed E-state index contributed by atoms with van der Waals surface area (Å²) in [6.07, 6.45) is 0. The third-order valence-corrected chi connectivity index (χ3v) is 5.30. The molecule has 0 spiro atoms. The van der Waals surface area contributed by atoms with Crippen molar-refractivity contribution in [1.29, 1.82) is 0 Å². The maximum atomic E-state index is 12.3. The van der Waals surface area contributed by atoms with Crippen molar-refractivity contribution in [3.63, 3.8) is 0 Å². The number of nitrogens with two attached hydrogens (primary N) is 1. The second-order valence-corrected chi connectivity index (χ2v) is 6.73. The predicted octanol–water partition coefficient (Wildman–Crippen LogP) is 0.954. The maximum absolute atomic E-state index is 12.3. The van der Waals surface area contributed by atoms with Crippen LogP contribution < -0.4 is 14.8 Å². The molecule has 7 nitrogen and oxygen atoms in total. The smallest absolute Gasteiger partial charge is 0.293 e. The molecule has 0 saturated carbocycles. The van der Waals surface area contributed by atoms with Crippen LogP contribution in [0.15, 0.2) is 28.6 Å². The lowest BCUT2D eigenvalue weighted by molar-refractivity contribution is 0.415. The lowest BCUT2D eigenvalue weighted by atomic mass is 10.3. The Labute approximate surface area is 114 Å². The number of hydrogen-bond acceptors (Lipinski definition) is 7. The van der Waals surface area contributed by atoms with Gasteiger partial charge in [-0.2, -0.15) is 8.42 Å². The van der Waals surface area contributed by atoms with Crippen molar-refractivity contribution in [3.05, 3.63) is 24.3 Å². The quantitative estimate of drug-likeness (QED) is 0.902. The van der Waals surface area contributed by atoms with Gasteiger partial charge in [-0.05, 0) is 12.1 Å². The number of rotatable bonds is 4. The molecule has 19 heavy (non-hydrogen) atoms. The first-order chi connectivity index (χ1) is 8.95. The minimum Gasteiger partial charge on any atom is -0.497 e. The molecule has 102 valence electrons. The number of ether oxygens (including phenoxy) is 1. The molecule has 1 heterocycles. The highest BCUT2D eigenvalue weighted by Crippen LogP contribution is 2.27. The number of nitrogens with zero attached hydrogens (tertiary/aromatic N) is 3. The third kappa shape index (κ3) is 2.61. The van der Waals surface area contributed by atoms with E-state index in [2.05, 4.69) is 10.2 Å². The van der Waals surface area contributed by atoms with E-state index in [1.54, 1.807) is 24.3 Å². The molecule has 0 radical (unpaired) electrons. The van der Waals surface area contributed by atoms with Crippen LogP contribution in [-0.4, -0.2) is 32.8 Å². The van der Waals surface area contributed by atoms with Gasteiger partial charge in [-0.1, -0.05) is 17.4 Å². The van der Waals surface area contributed by atoms with Crippen molar-refractivity contribution >= 4 is 32.2 Å². The second-order valence-electron chi connectivity index (χ2n) is 3.58.